The molecule has 0 unspecified atom stereocenters. The molecule has 7 nitrogen and oxygen atoms in total. The zero-order valence-electron chi connectivity index (χ0n) is 15.4. The molecule has 1 fully saturated rings. The number of esters is 1. The number of rotatable bonds is 6. The Morgan fingerprint density at radius 2 is 2.04 bits per heavy atom. The monoisotopic (exact) mass is 380 g/mol. The fraction of sp³-hybridized carbons (Fsp3) is 0.556. The van der Waals surface area contributed by atoms with E-state index in [0.29, 0.717) is 12.4 Å². The highest BCUT2D eigenvalue weighted by molar-refractivity contribution is 8.00. The average molecular weight is 380 g/mol. The summed E-state index contributed by atoms with van der Waals surface area (Å²) in [5, 5.41) is 10.8. The predicted octanol–water partition coefficient (Wildman–Crippen LogP) is 3.33. The van der Waals surface area contributed by atoms with Crippen LogP contribution in [0.4, 0.5) is 5.69 Å². The highest BCUT2D eigenvalue weighted by Gasteiger charge is 2.44. The van der Waals surface area contributed by atoms with Crippen LogP contribution < -0.4 is 0 Å². The second-order valence-electron chi connectivity index (χ2n) is 7.03. The van der Waals surface area contributed by atoms with E-state index in [9.17, 15) is 19.7 Å². The van der Waals surface area contributed by atoms with Crippen LogP contribution in [0.1, 0.15) is 38.1 Å². The number of nitro benzene ring substituents is 1. The van der Waals surface area contributed by atoms with Crippen LogP contribution in [0, 0.1) is 22.0 Å². The van der Waals surface area contributed by atoms with E-state index in [1.165, 1.54) is 40.9 Å². The SMILES string of the molecule is CC(C)COC(=O)[C@@H]1CS[C@H](C(C)C)N1C(=O)c1cccc([N+](=O)[O-])c1. The molecule has 0 N–H and O–H groups in total. The van der Waals surface area contributed by atoms with E-state index < -0.39 is 16.9 Å². The van der Waals surface area contributed by atoms with Gasteiger partial charge in [0.15, 0.2) is 0 Å². The van der Waals surface area contributed by atoms with Crippen LogP contribution in [-0.2, 0) is 9.53 Å². The summed E-state index contributed by atoms with van der Waals surface area (Å²) in [6.45, 7) is 8.14. The van der Waals surface area contributed by atoms with Crippen molar-refractivity contribution in [1.29, 1.82) is 0 Å². The molecule has 8 heteroatoms. The van der Waals surface area contributed by atoms with E-state index in [1.54, 1.807) is 0 Å². The largest absolute Gasteiger partial charge is 0.464 e. The van der Waals surface area contributed by atoms with Gasteiger partial charge in [0.25, 0.3) is 11.6 Å². The van der Waals surface area contributed by atoms with Crippen LogP contribution in [0.25, 0.3) is 0 Å². The summed E-state index contributed by atoms with van der Waals surface area (Å²) in [4.78, 5) is 37.6. The van der Waals surface area contributed by atoms with E-state index in [1.807, 2.05) is 27.7 Å². The predicted molar refractivity (Wildman–Crippen MR) is 99.9 cm³/mol. The molecule has 1 aromatic carbocycles. The lowest BCUT2D eigenvalue weighted by Gasteiger charge is -2.30. The van der Waals surface area contributed by atoms with Gasteiger partial charge in [-0.25, -0.2) is 4.79 Å². The number of ether oxygens (including phenoxy) is 1. The normalized spacial score (nSPS) is 19.8. The summed E-state index contributed by atoms with van der Waals surface area (Å²) in [5.41, 5.74) is 0.0525. The maximum absolute atomic E-state index is 13.1. The van der Waals surface area contributed by atoms with Crippen LogP contribution in [0.5, 0.6) is 0 Å². The maximum atomic E-state index is 13.1. The number of amides is 1. The Morgan fingerprint density at radius 3 is 2.62 bits per heavy atom. The van der Waals surface area contributed by atoms with Gasteiger partial charge in [0.2, 0.25) is 0 Å². The Kier molecular flexibility index (Phi) is 6.63. The van der Waals surface area contributed by atoms with Gasteiger partial charge in [-0.3, -0.25) is 14.9 Å². The third-order valence-corrected chi connectivity index (χ3v) is 5.60. The second kappa shape index (κ2) is 8.53. The van der Waals surface area contributed by atoms with Crippen LogP contribution in [0.15, 0.2) is 24.3 Å². The molecule has 26 heavy (non-hydrogen) atoms. The van der Waals surface area contributed by atoms with Gasteiger partial charge in [-0.2, -0.15) is 0 Å². The first-order valence-corrected chi connectivity index (χ1v) is 9.62. The van der Waals surface area contributed by atoms with Crippen molar-refractivity contribution in [3.63, 3.8) is 0 Å². The molecule has 1 aliphatic rings. The lowest BCUT2D eigenvalue weighted by atomic mass is 10.1. The molecule has 0 aromatic heterocycles. The van der Waals surface area contributed by atoms with E-state index in [-0.39, 0.29) is 34.4 Å². The van der Waals surface area contributed by atoms with Gasteiger partial charge < -0.3 is 9.64 Å². The van der Waals surface area contributed by atoms with Crippen molar-refractivity contribution in [2.45, 2.75) is 39.1 Å². The molecule has 1 aliphatic heterocycles. The van der Waals surface area contributed by atoms with Crippen molar-refractivity contribution in [3.05, 3.63) is 39.9 Å². The minimum absolute atomic E-state index is 0.130. The zero-order valence-corrected chi connectivity index (χ0v) is 16.2. The Bertz CT molecular complexity index is 692. The summed E-state index contributed by atoms with van der Waals surface area (Å²) in [6.07, 6.45) is 0. The molecule has 0 bridgehead atoms. The summed E-state index contributed by atoms with van der Waals surface area (Å²) >= 11 is 1.53. The molecule has 2 atom stereocenters. The topological polar surface area (TPSA) is 89.8 Å². The maximum Gasteiger partial charge on any atom is 0.329 e. The van der Waals surface area contributed by atoms with Gasteiger partial charge in [0, 0.05) is 23.4 Å². The molecule has 0 spiro atoms. The molecule has 0 saturated carbocycles. The van der Waals surface area contributed by atoms with Crippen LogP contribution in [-0.4, -0.2) is 45.5 Å². The van der Waals surface area contributed by atoms with Gasteiger partial charge in [-0.05, 0) is 17.9 Å². The van der Waals surface area contributed by atoms with E-state index in [2.05, 4.69) is 0 Å². The Morgan fingerprint density at radius 1 is 1.35 bits per heavy atom. The first-order valence-electron chi connectivity index (χ1n) is 8.57. The fourth-order valence-electron chi connectivity index (χ4n) is 2.73. The zero-order chi connectivity index (χ0) is 19.4. The third kappa shape index (κ3) is 4.55. The van der Waals surface area contributed by atoms with Crippen molar-refractivity contribution >= 4 is 29.3 Å². The van der Waals surface area contributed by atoms with Gasteiger partial charge in [0.05, 0.1) is 16.9 Å². The summed E-state index contributed by atoms with van der Waals surface area (Å²) < 4.78 is 5.34. The number of thioether (sulfide) groups is 1. The smallest absolute Gasteiger partial charge is 0.329 e. The molecule has 2 rings (SSSR count). The Balaban J connectivity index is 2.29. The second-order valence-corrected chi connectivity index (χ2v) is 8.18. The first-order chi connectivity index (χ1) is 12.2. The Hall–Kier alpha value is -2.09. The van der Waals surface area contributed by atoms with Crippen LogP contribution >= 0.6 is 11.8 Å². The fourth-order valence-corrected chi connectivity index (χ4v) is 4.19. The number of carbonyl (C=O) groups excluding carboxylic acids is 2. The number of hydrogen-bond donors (Lipinski definition) is 0. The van der Waals surface area contributed by atoms with Gasteiger partial charge in [0.1, 0.15) is 6.04 Å². The molecule has 0 aliphatic carbocycles. The number of benzene rings is 1. The van der Waals surface area contributed by atoms with Gasteiger partial charge in [-0.1, -0.05) is 33.8 Å². The summed E-state index contributed by atoms with van der Waals surface area (Å²) in [5.74, 6) is -0.0159. The number of carbonyl (C=O) groups is 2. The molecular weight excluding hydrogens is 356 g/mol. The van der Waals surface area contributed by atoms with Crippen LogP contribution in [0.3, 0.4) is 0 Å². The number of nitro groups is 1. The van der Waals surface area contributed by atoms with Crippen LogP contribution in [0.2, 0.25) is 0 Å². The lowest BCUT2D eigenvalue weighted by molar-refractivity contribution is -0.384. The lowest BCUT2D eigenvalue weighted by Crippen LogP contribution is -2.48. The van der Waals surface area contributed by atoms with Crippen molar-refractivity contribution < 1.29 is 19.2 Å². The van der Waals surface area contributed by atoms with Gasteiger partial charge in [-0.15, -0.1) is 11.8 Å². The summed E-state index contributed by atoms with van der Waals surface area (Å²) in [6, 6.07) is 4.92. The van der Waals surface area contributed by atoms with E-state index >= 15 is 0 Å². The van der Waals surface area contributed by atoms with E-state index in [4.69, 9.17) is 4.74 Å². The molecular formula is C18H24N2O5S. The minimum Gasteiger partial charge on any atom is -0.464 e. The molecule has 1 amide bonds. The third-order valence-electron chi connectivity index (χ3n) is 3.97. The van der Waals surface area contributed by atoms with Gasteiger partial charge >= 0.3 is 5.97 Å². The minimum atomic E-state index is -0.682. The summed E-state index contributed by atoms with van der Waals surface area (Å²) in [7, 11) is 0. The van der Waals surface area contributed by atoms with Crippen molar-refractivity contribution in [1.82, 2.24) is 4.90 Å². The molecule has 1 heterocycles. The highest BCUT2D eigenvalue weighted by Crippen LogP contribution is 2.36. The van der Waals surface area contributed by atoms with E-state index in [0.717, 1.165) is 0 Å². The van der Waals surface area contributed by atoms with Crippen molar-refractivity contribution in [2.24, 2.45) is 11.8 Å². The van der Waals surface area contributed by atoms with Crippen molar-refractivity contribution in [2.75, 3.05) is 12.4 Å². The molecule has 142 valence electrons. The first kappa shape index (κ1) is 20.2. The molecule has 0 radical (unpaired) electrons. The quantitative estimate of drug-likeness (QED) is 0.427. The number of non-ortho nitro benzene ring substituents is 1. The van der Waals surface area contributed by atoms with Crippen molar-refractivity contribution in [3.8, 4) is 0 Å². The number of nitrogens with zero attached hydrogens (tertiary/aromatic N) is 2. The number of hydrogen-bond acceptors (Lipinski definition) is 6. The average Bonchev–Trinajstić information content (AvgIpc) is 3.04. The standard InChI is InChI=1S/C18H24N2O5S/c1-11(2)9-25-18(22)15-10-26-17(12(3)4)19(15)16(21)13-6-5-7-14(8-13)20(23)24/h5-8,11-12,15,17H,9-10H2,1-4H3/t15-,17+/m0/s1. The highest BCUT2D eigenvalue weighted by atomic mass is 32.2. The molecule has 1 saturated heterocycles. The Labute approximate surface area is 157 Å². The molecule has 1 aromatic rings.